The Hall–Kier alpha value is -1.80. The minimum Gasteiger partial charge on any atom is -0.423 e. The third kappa shape index (κ3) is 3.74. The van der Waals surface area contributed by atoms with Crippen molar-refractivity contribution in [3.63, 3.8) is 0 Å². The van der Waals surface area contributed by atoms with E-state index in [1.165, 1.54) is 50.4 Å². The van der Waals surface area contributed by atoms with E-state index in [1.54, 1.807) is 0 Å². The van der Waals surface area contributed by atoms with Crippen LogP contribution in [0.3, 0.4) is 0 Å². The van der Waals surface area contributed by atoms with Crippen molar-refractivity contribution in [2.75, 3.05) is 11.9 Å². The molecule has 2 aromatic heterocycles. The minimum absolute atomic E-state index is 0.0915. The van der Waals surface area contributed by atoms with Gasteiger partial charge in [0.15, 0.2) is 5.13 Å². The predicted octanol–water partition coefficient (Wildman–Crippen LogP) is 3.48. The van der Waals surface area contributed by atoms with E-state index in [-0.39, 0.29) is 11.9 Å². The van der Waals surface area contributed by atoms with E-state index in [2.05, 4.69) is 25.4 Å². The standard InChI is InChI=1S/C17H23N5O2S/c1-11(23)18-17-19-13(10-25-17)9-22-8-3-2-7-14(22)16-21-20-15(24-16)12-5-4-6-12/h10,12,14H,2-9H2,1H3,(H,18,19,23). The Morgan fingerprint density at radius 2 is 2.12 bits per heavy atom. The van der Waals surface area contributed by atoms with E-state index in [0.717, 1.165) is 37.0 Å². The van der Waals surface area contributed by atoms with Crippen molar-refractivity contribution in [2.45, 2.75) is 64.0 Å². The lowest BCUT2D eigenvalue weighted by Gasteiger charge is -2.32. The molecule has 3 heterocycles. The maximum atomic E-state index is 11.2. The smallest absolute Gasteiger partial charge is 0.233 e. The summed E-state index contributed by atoms with van der Waals surface area (Å²) in [6, 6.07) is 0.168. The number of amides is 1. The zero-order chi connectivity index (χ0) is 17.2. The molecule has 1 saturated heterocycles. The second-order valence-electron chi connectivity index (χ2n) is 6.91. The second kappa shape index (κ2) is 7.21. The number of thiazole rings is 1. The molecule has 25 heavy (non-hydrogen) atoms. The van der Waals surface area contributed by atoms with Gasteiger partial charge in [-0.05, 0) is 32.2 Å². The third-order valence-electron chi connectivity index (χ3n) is 5.01. The van der Waals surface area contributed by atoms with Crippen molar-refractivity contribution in [3.05, 3.63) is 22.9 Å². The summed E-state index contributed by atoms with van der Waals surface area (Å²) in [5, 5.41) is 14.0. The van der Waals surface area contributed by atoms with Crippen molar-refractivity contribution in [2.24, 2.45) is 0 Å². The molecule has 0 spiro atoms. The molecular formula is C17H23N5O2S. The first-order valence-electron chi connectivity index (χ1n) is 8.98. The summed E-state index contributed by atoms with van der Waals surface area (Å²) in [5.74, 6) is 1.94. The Labute approximate surface area is 150 Å². The Bertz CT molecular complexity index is 739. The van der Waals surface area contributed by atoms with Gasteiger partial charge in [0, 0.05) is 24.8 Å². The lowest BCUT2D eigenvalue weighted by molar-refractivity contribution is -0.114. The average Bonchev–Trinajstić information content (AvgIpc) is 3.16. The Kier molecular flexibility index (Phi) is 4.80. The highest BCUT2D eigenvalue weighted by molar-refractivity contribution is 7.13. The molecule has 1 N–H and O–H groups in total. The molecule has 1 saturated carbocycles. The van der Waals surface area contributed by atoms with Gasteiger partial charge in [0.05, 0.1) is 11.7 Å². The SMILES string of the molecule is CC(=O)Nc1nc(CN2CCCCC2c2nnc(C3CCC3)o2)cs1. The van der Waals surface area contributed by atoms with Gasteiger partial charge in [-0.2, -0.15) is 0 Å². The van der Waals surface area contributed by atoms with Gasteiger partial charge >= 0.3 is 0 Å². The molecule has 7 nitrogen and oxygen atoms in total. The number of hydrogen-bond acceptors (Lipinski definition) is 7. The van der Waals surface area contributed by atoms with Crippen LogP contribution in [0.15, 0.2) is 9.80 Å². The fraction of sp³-hybridized carbons (Fsp3) is 0.647. The number of rotatable bonds is 5. The highest BCUT2D eigenvalue weighted by Gasteiger charge is 2.31. The molecule has 2 fully saturated rings. The lowest BCUT2D eigenvalue weighted by atomic mass is 9.85. The van der Waals surface area contributed by atoms with Crippen molar-refractivity contribution in [1.82, 2.24) is 20.1 Å². The molecule has 1 aliphatic heterocycles. The molecule has 1 unspecified atom stereocenters. The first-order valence-corrected chi connectivity index (χ1v) is 9.86. The average molecular weight is 361 g/mol. The van der Waals surface area contributed by atoms with E-state index in [0.29, 0.717) is 11.0 Å². The number of piperidine rings is 1. The van der Waals surface area contributed by atoms with Crippen LogP contribution in [0.2, 0.25) is 0 Å². The summed E-state index contributed by atoms with van der Waals surface area (Å²) in [6.07, 6.45) is 6.98. The molecule has 0 aromatic carbocycles. The molecule has 1 amide bonds. The van der Waals surface area contributed by atoms with E-state index in [9.17, 15) is 4.79 Å². The number of nitrogens with one attached hydrogen (secondary N) is 1. The van der Waals surface area contributed by atoms with Gasteiger partial charge < -0.3 is 9.73 Å². The van der Waals surface area contributed by atoms with Crippen LogP contribution in [-0.4, -0.2) is 32.5 Å². The summed E-state index contributed by atoms with van der Waals surface area (Å²) in [7, 11) is 0. The molecule has 2 aliphatic rings. The van der Waals surface area contributed by atoms with Gasteiger partial charge in [-0.1, -0.05) is 12.8 Å². The highest BCUT2D eigenvalue weighted by Crippen LogP contribution is 2.38. The summed E-state index contributed by atoms with van der Waals surface area (Å²) in [4.78, 5) is 18.0. The normalized spacial score (nSPS) is 21.9. The van der Waals surface area contributed by atoms with Crippen LogP contribution >= 0.6 is 11.3 Å². The number of nitrogens with zero attached hydrogens (tertiary/aromatic N) is 4. The number of carbonyl (C=O) groups excluding carboxylic acids is 1. The maximum absolute atomic E-state index is 11.2. The van der Waals surface area contributed by atoms with E-state index >= 15 is 0 Å². The Balaban J connectivity index is 1.46. The van der Waals surface area contributed by atoms with Gasteiger partial charge in [0.2, 0.25) is 17.7 Å². The van der Waals surface area contributed by atoms with Crippen molar-refractivity contribution in [3.8, 4) is 0 Å². The fourth-order valence-electron chi connectivity index (χ4n) is 3.46. The van der Waals surface area contributed by atoms with Gasteiger partial charge in [0.1, 0.15) is 0 Å². The van der Waals surface area contributed by atoms with Crippen LogP contribution in [0.1, 0.15) is 74.9 Å². The van der Waals surface area contributed by atoms with Gasteiger partial charge in [-0.15, -0.1) is 21.5 Å². The highest BCUT2D eigenvalue weighted by atomic mass is 32.1. The van der Waals surface area contributed by atoms with E-state index in [1.807, 2.05) is 5.38 Å². The fourth-order valence-corrected chi connectivity index (χ4v) is 4.20. The number of likely N-dealkylation sites (tertiary alicyclic amines) is 1. The van der Waals surface area contributed by atoms with Crippen LogP contribution in [0.25, 0.3) is 0 Å². The summed E-state index contributed by atoms with van der Waals surface area (Å²) < 4.78 is 6.01. The zero-order valence-corrected chi connectivity index (χ0v) is 15.2. The molecule has 1 aliphatic carbocycles. The van der Waals surface area contributed by atoms with Gasteiger partial charge in [0.25, 0.3) is 0 Å². The molecule has 134 valence electrons. The molecular weight excluding hydrogens is 338 g/mol. The first kappa shape index (κ1) is 16.7. The van der Waals surface area contributed by atoms with Crippen molar-refractivity contribution >= 4 is 22.4 Å². The van der Waals surface area contributed by atoms with Crippen LogP contribution < -0.4 is 5.32 Å². The summed E-state index contributed by atoms with van der Waals surface area (Å²) >= 11 is 1.46. The first-order chi connectivity index (χ1) is 12.2. The maximum Gasteiger partial charge on any atom is 0.233 e. The molecule has 2 aromatic rings. The number of anilines is 1. The summed E-state index contributed by atoms with van der Waals surface area (Å²) in [5.41, 5.74) is 0.972. The quantitative estimate of drug-likeness (QED) is 0.878. The van der Waals surface area contributed by atoms with Crippen molar-refractivity contribution < 1.29 is 9.21 Å². The largest absolute Gasteiger partial charge is 0.423 e. The number of carbonyl (C=O) groups is 1. The lowest BCUT2D eigenvalue weighted by Crippen LogP contribution is -2.33. The second-order valence-corrected chi connectivity index (χ2v) is 7.77. The van der Waals surface area contributed by atoms with Crippen LogP contribution in [0.5, 0.6) is 0 Å². The van der Waals surface area contributed by atoms with Gasteiger partial charge in [-0.3, -0.25) is 9.69 Å². The molecule has 8 heteroatoms. The van der Waals surface area contributed by atoms with Crippen LogP contribution in [0, 0.1) is 0 Å². The van der Waals surface area contributed by atoms with Gasteiger partial charge in [-0.25, -0.2) is 4.98 Å². The minimum atomic E-state index is -0.0915. The molecule has 1 atom stereocenters. The summed E-state index contributed by atoms with van der Waals surface area (Å²) in [6.45, 7) is 3.23. The Morgan fingerprint density at radius 1 is 1.28 bits per heavy atom. The molecule has 4 rings (SSSR count). The Morgan fingerprint density at radius 3 is 2.88 bits per heavy atom. The molecule has 0 bridgehead atoms. The monoisotopic (exact) mass is 361 g/mol. The zero-order valence-electron chi connectivity index (χ0n) is 14.4. The predicted molar refractivity (Wildman–Crippen MR) is 94.3 cm³/mol. The number of aromatic nitrogens is 3. The van der Waals surface area contributed by atoms with Crippen LogP contribution in [0.4, 0.5) is 5.13 Å². The van der Waals surface area contributed by atoms with Crippen LogP contribution in [-0.2, 0) is 11.3 Å². The molecule has 0 radical (unpaired) electrons. The van der Waals surface area contributed by atoms with E-state index < -0.39 is 0 Å². The third-order valence-corrected chi connectivity index (χ3v) is 5.82. The number of hydrogen-bond donors (Lipinski definition) is 1. The van der Waals surface area contributed by atoms with Crippen molar-refractivity contribution in [1.29, 1.82) is 0 Å². The van der Waals surface area contributed by atoms with E-state index in [4.69, 9.17) is 4.42 Å². The topological polar surface area (TPSA) is 84.2 Å².